The van der Waals surface area contributed by atoms with Crippen LogP contribution in [0.5, 0.6) is 0 Å². The number of fused-ring (bicyclic) bond motifs is 6. The highest BCUT2D eigenvalue weighted by Gasteiger charge is 2.12. The number of benzene rings is 2. The third-order valence-electron chi connectivity index (χ3n) is 3.93. The van der Waals surface area contributed by atoms with E-state index in [2.05, 4.69) is 17.2 Å². The molecular formula is C16H13N3O. The predicted octanol–water partition coefficient (Wildman–Crippen LogP) is 2.58. The van der Waals surface area contributed by atoms with Crippen molar-refractivity contribution in [3.63, 3.8) is 0 Å². The largest absolute Gasteiger partial charge is 0.318 e. The molecule has 2 heterocycles. The summed E-state index contributed by atoms with van der Waals surface area (Å²) in [6.07, 6.45) is 3.77. The van der Waals surface area contributed by atoms with Gasteiger partial charge >= 0.3 is 0 Å². The van der Waals surface area contributed by atoms with E-state index in [4.69, 9.17) is 0 Å². The highest BCUT2D eigenvalue weighted by Crippen LogP contribution is 2.33. The van der Waals surface area contributed by atoms with Crippen molar-refractivity contribution in [3.8, 4) is 0 Å². The number of nitrogens with zero attached hydrogens (tertiary/aromatic N) is 3. The summed E-state index contributed by atoms with van der Waals surface area (Å²) in [4.78, 5) is 12.0. The van der Waals surface area contributed by atoms with Crippen LogP contribution in [0.2, 0.25) is 0 Å². The van der Waals surface area contributed by atoms with Gasteiger partial charge in [-0.15, -0.1) is 0 Å². The number of hydrogen-bond acceptors (Lipinski definition) is 2. The fourth-order valence-corrected chi connectivity index (χ4v) is 2.95. The zero-order valence-corrected chi connectivity index (χ0v) is 11.3. The molecular weight excluding hydrogens is 250 g/mol. The summed E-state index contributed by atoms with van der Waals surface area (Å²) in [7, 11) is 3.72. The van der Waals surface area contributed by atoms with E-state index in [-0.39, 0.29) is 5.56 Å². The lowest BCUT2D eigenvalue weighted by atomic mass is 10.00. The molecule has 0 aliphatic heterocycles. The molecule has 2 aromatic heterocycles. The Morgan fingerprint density at radius 2 is 1.70 bits per heavy atom. The van der Waals surface area contributed by atoms with Gasteiger partial charge in [0.2, 0.25) is 0 Å². The Morgan fingerprint density at radius 3 is 2.50 bits per heavy atom. The summed E-state index contributed by atoms with van der Waals surface area (Å²) >= 11 is 0. The quantitative estimate of drug-likeness (QED) is 0.457. The first kappa shape index (κ1) is 11.2. The van der Waals surface area contributed by atoms with Gasteiger partial charge in [-0.1, -0.05) is 24.3 Å². The van der Waals surface area contributed by atoms with Crippen molar-refractivity contribution in [1.29, 1.82) is 0 Å². The van der Waals surface area contributed by atoms with Crippen molar-refractivity contribution in [2.24, 2.45) is 14.1 Å². The van der Waals surface area contributed by atoms with E-state index >= 15 is 0 Å². The van der Waals surface area contributed by atoms with Gasteiger partial charge < -0.3 is 4.57 Å². The summed E-state index contributed by atoms with van der Waals surface area (Å²) in [5.41, 5.74) is 1.11. The van der Waals surface area contributed by atoms with Crippen LogP contribution >= 0.6 is 0 Å². The summed E-state index contributed by atoms with van der Waals surface area (Å²) in [6, 6.07) is 9.87. The highest BCUT2D eigenvalue weighted by atomic mass is 16.1. The maximum absolute atomic E-state index is 12.0. The Balaban J connectivity index is 2.46. The smallest absolute Gasteiger partial charge is 0.250 e. The van der Waals surface area contributed by atoms with E-state index in [1.807, 2.05) is 36.3 Å². The molecule has 98 valence electrons. The molecule has 0 N–H and O–H groups in total. The zero-order valence-electron chi connectivity index (χ0n) is 11.3. The maximum Gasteiger partial charge on any atom is 0.250 e. The average Bonchev–Trinajstić information content (AvgIpc) is 2.83. The van der Waals surface area contributed by atoms with Crippen molar-refractivity contribution < 1.29 is 0 Å². The molecule has 4 aromatic rings. The number of hydrogen-bond donors (Lipinski definition) is 0. The van der Waals surface area contributed by atoms with Crippen LogP contribution in [0.25, 0.3) is 32.4 Å². The van der Waals surface area contributed by atoms with Crippen LogP contribution < -0.4 is 5.56 Å². The van der Waals surface area contributed by atoms with Gasteiger partial charge in [-0.05, 0) is 10.8 Å². The molecule has 0 bridgehead atoms. The lowest BCUT2D eigenvalue weighted by molar-refractivity contribution is 0.799. The third-order valence-corrected chi connectivity index (χ3v) is 3.93. The van der Waals surface area contributed by atoms with Gasteiger partial charge in [0.25, 0.3) is 5.56 Å². The molecule has 0 fully saturated rings. The fourth-order valence-electron chi connectivity index (χ4n) is 2.95. The van der Waals surface area contributed by atoms with Crippen LogP contribution in [0.3, 0.4) is 0 Å². The Bertz CT molecular complexity index is 1040. The van der Waals surface area contributed by atoms with Crippen molar-refractivity contribution in [2.75, 3.05) is 0 Å². The van der Waals surface area contributed by atoms with Crippen molar-refractivity contribution >= 4 is 32.4 Å². The monoisotopic (exact) mass is 263 g/mol. The number of rotatable bonds is 0. The fraction of sp³-hybridized carbons (Fsp3) is 0.125. The van der Waals surface area contributed by atoms with E-state index in [1.165, 1.54) is 0 Å². The molecule has 0 atom stereocenters. The molecule has 0 amide bonds. The first-order valence-corrected chi connectivity index (χ1v) is 6.49. The zero-order chi connectivity index (χ0) is 13.9. The van der Waals surface area contributed by atoms with Crippen LogP contribution in [0.4, 0.5) is 0 Å². The topological polar surface area (TPSA) is 39.8 Å². The lowest BCUT2D eigenvalue weighted by Gasteiger charge is -2.08. The molecule has 0 unspecified atom stereocenters. The van der Waals surface area contributed by atoms with Gasteiger partial charge in [-0.2, -0.15) is 5.10 Å². The lowest BCUT2D eigenvalue weighted by Crippen LogP contribution is -2.14. The van der Waals surface area contributed by atoms with Crippen LogP contribution in [0.1, 0.15) is 0 Å². The Labute approximate surface area is 114 Å². The molecule has 0 saturated heterocycles. The minimum Gasteiger partial charge on any atom is -0.318 e. The van der Waals surface area contributed by atoms with E-state index in [0.29, 0.717) is 0 Å². The molecule has 0 aliphatic carbocycles. The normalized spacial score (nSPS) is 11.7. The molecule has 0 aliphatic rings. The van der Waals surface area contributed by atoms with E-state index in [0.717, 1.165) is 32.4 Å². The van der Waals surface area contributed by atoms with Gasteiger partial charge in [0.05, 0.1) is 11.7 Å². The molecule has 4 rings (SSSR count). The molecule has 4 nitrogen and oxygen atoms in total. The van der Waals surface area contributed by atoms with Crippen LogP contribution in [-0.2, 0) is 14.1 Å². The molecule has 0 spiro atoms. The SMILES string of the molecule is Cn1cc2c(cc1=O)c1ccccc1c1c2cnn1C. The van der Waals surface area contributed by atoms with Crippen LogP contribution in [0, 0.1) is 0 Å². The first-order valence-electron chi connectivity index (χ1n) is 6.49. The van der Waals surface area contributed by atoms with Gasteiger partial charge in [-0.25, -0.2) is 0 Å². The van der Waals surface area contributed by atoms with E-state index in [9.17, 15) is 4.79 Å². The second-order valence-corrected chi connectivity index (χ2v) is 5.13. The number of pyridine rings is 1. The minimum atomic E-state index is 0.00546. The van der Waals surface area contributed by atoms with Crippen molar-refractivity contribution in [1.82, 2.24) is 14.3 Å². The summed E-state index contributed by atoms with van der Waals surface area (Å²) < 4.78 is 3.51. The Hall–Kier alpha value is -2.62. The van der Waals surface area contributed by atoms with E-state index in [1.54, 1.807) is 17.7 Å². The summed E-state index contributed by atoms with van der Waals surface area (Å²) in [6.45, 7) is 0. The maximum atomic E-state index is 12.0. The molecule has 2 aromatic carbocycles. The molecule has 4 heteroatoms. The van der Waals surface area contributed by atoms with Gasteiger partial charge in [-0.3, -0.25) is 9.48 Å². The first-order chi connectivity index (χ1) is 9.66. The van der Waals surface area contributed by atoms with Crippen LogP contribution in [0.15, 0.2) is 47.5 Å². The van der Waals surface area contributed by atoms with Gasteiger partial charge in [0.15, 0.2) is 0 Å². The second kappa shape index (κ2) is 3.70. The third kappa shape index (κ3) is 1.30. The Kier molecular flexibility index (Phi) is 2.07. The minimum absolute atomic E-state index is 0.00546. The standard InChI is InChI=1S/C16H13N3O/c1-18-9-14-12(7-15(18)20)10-5-3-4-6-11(10)16-13(14)8-17-19(16)2/h3-9H,1-2H3. The number of aryl methyl sites for hydroxylation is 2. The number of aromatic nitrogens is 3. The predicted molar refractivity (Wildman–Crippen MR) is 81.0 cm³/mol. The average molecular weight is 263 g/mol. The molecule has 20 heavy (non-hydrogen) atoms. The summed E-state index contributed by atoms with van der Waals surface area (Å²) in [5.74, 6) is 0. The molecule has 0 radical (unpaired) electrons. The van der Waals surface area contributed by atoms with Crippen molar-refractivity contribution in [3.05, 3.63) is 53.1 Å². The summed E-state index contributed by atoms with van der Waals surface area (Å²) in [5, 5.41) is 9.73. The van der Waals surface area contributed by atoms with Crippen LogP contribution in [-0.4, -0.2) is 14.3 Å². The highest BCUT2D eigenvalue weighted by molar-refractivity contribution is 6.23. The van der Waals surface area contributed by atoms with Gasteiger partial charge in [0.1, 0.15) is 0 Å². The second-order valence-electron chi connectivity index (χ2n) is 5.13. The van der Waals surface area contributed by atoms with Gasteiger partial charge in [0, 0.05) is 42.5 Å². The van der Waals surface area contributed by atoms with E-state index < -0.39 is 0 Å². The Morgan fingerprint density at radius 1 is 0.950 bits per heavy atom. The molecule has 0 saturated carbocycles. The van der Waals surface area contributed by atoms with Crippen molar-refractivity contribution in [2.45, 2.75) is 0 Å².